The van der Waals surface area contributed by atoms with E-state index in [1.807, 2.05) is 31.2 Å². The van der Waals surface area contributed by atoms with Gasteiger partial charge < -0.3 is 0 Å². The van der Waals surface area contributed by atoms with Crippen molar-refractivity contribution in [3.05, 3.63) is 59.7 Å². The molecular weight excluding hydrogens is 428 g/mol. The highest BCUT2D eigenvalue weighted by Gasteiger charge is 2.22. The lowest BCUT2D eigenvalue weighted by molar-refractivity contribution is -0.118. The fourth-order valence-corrected chi connectivity index (χ4v) is 5.62. The van der Waals surface area contributed by atoms with Gasteiger partial charge in [-0.2, -0.15) is 0 Å². The largest absolute Gasteiger partial charge is 0.299 e. The first-order valence-electron chi connectivity index (χ1n) is 14.4. The van der Waals surface area contributed by atoms with Gasteiger partial charge in [0.15, 0.2) is 5.78 Å². The molecule has 1 aliphatic carbocycles. The highest BCUT2D eigenvalue weighted by molar-refractivity contribution is 6.08. The van der Waals surface area contributed by atoms with Gasteiger partial charge in [-0.3, -0.25) is 9.59 Å². The van der Waals surface area contributed by atoms with Gasteiger partial charge in [-0.1, -0.05) is 114 Å². The average Bonchev–Trinajstić information content (AvgIpc) is 2.89. The molecule has 3 rings (SSSR count). The summed E-state index contributed by atoms with van der Waals surface area (Å²) in [6.07, 6.45) is 18.0. The van der Waals surface area contributed by atoms with Crippen molar-refractivity contribution in [3.8, 4) is 11.1 Å². The van der Waals surface area contributed by atoms with E-state index in [0.29, 0.717) is 17.9 Å². The summed E-state index contributed by atoms with van der Waals surface area (Å²) < 4.78 is 0. The summed E-state index contributed by atoms with van der Waals surface area (Å²) in [7, 11) is 0. The van der Waals surface area contributed by atoms with E-state index in [2.05, 4.69) is 31.2 Å². The molecule has 0 spiro atoms. The van der Waals surface area contributed by atoms with E-state index in [0.717, 1.165) is 17.9 Å². The number of ketones is 2. The number of rotatable bonds is 15. The fourth-order valence-electron chi connectivity index (χ4n) is 5.62. The van der Waals surface area contributed by atoms with Crippen LogP contribution in [0.3, 0.4) is 0 Å². The van der Waals surface area contributed by atoms with Crippen LogP contribution < -0.4 is 0 Å². The SMILES string of the molecule is CCCCCCCCCC1CCC(c2ccc(-c3ccc(C(=O)CC(=O)CCC)cc3)cc2)CC1. The van der Waals surface area contributed by atoms with Crippen LogP contribution in [0.15, 0.2) is 48.5 Å². The molecule has 1 fully saturated rings. The Morgan fingerprint density at radius 1 is 0.686 bits per heavy atom. The number of Topliss-reactive ketones (excluding diaryl/α,β-unsaturated/α-hetero) is 2. The second-order valence-electron chi connectivity index (χ2n) is 10.7. The molecule has 0 unspecified atom stereocenters. The van der Waals surface area contributed by atoms with Crippen LogP contribution in [0.5, 0.6) is 0 Å². The molecule has 1 saturated carbocycles. The summed E-state index contributed by atoms with van der Waals surface area (Å²) in [5.41, 5.74) is 4.40. The first-order valence-corrected chi connectivity index (χ1v) is 14.4. The van der Waals surface area contributed by atoms with Crippen molar-refractivity contribution in [1.82, 2.24) is 0 Å². The van der Waals surface area contributed by atoms with Crippen molar-refractivity contribution in [2.24, 2.45) is 5.92 Å². The summed E-state index contributed by atoms with van der Waals surface area (Å²) in [6, 6.07) is 16.8. The highest BCUT2D eigenvalue weighted by Crippen LogP contribution is 2.38. The molecule has 0 saturated heterocycles. The van der Waals surface area contributed by atoms with Crippen LogP contribution in [-0.2, 0) is 4.79 Å². The number of hydrogen-bond donors (Lipinski definition) is 0. The number of carbonyl (C=O) groups excluding carboxylic acids is 2. The van der Waals surface area contributed by atoms with E-state index >= 15 is 0 Å². The lowest BCUT2D eigenvalue weighted by Gasteiger charge is -2.29. The first kappa shape index (κ1) is 27.4. The molecule has 0 radical (unpaired) electrons. The Kier molecular flexibility index (Phi) is 11.7. The second kappa shape index (κ2) is 15.0. The van der Waals surface area contributed by atoms with E-state index < -0.39 is 0 Å². The smallest absolute Gasteiger partial charge is 0.170 e. The minimum absolute atomic E-state index is 0.0170. The summed E-state index contributed by atoms with van der Waals surface area (Å²) in [6.45, 7) is 4.25. The van der Waals surface area contributed by atoms with Crippen molar-refractivity contribution >= 4 is 11.6 Å². The average molecular weight is 475 g/mol. The monoisotopic (exact) mass is 474 g/mol. The zero-order valence-electron chi connectivity index (χ0n) is 22.2. The first-order chi connectivity index (χ1) is 17.1. The number of unbranched alkanes of at least 4 members (excludes halogenated alkanes) is 6. The van der Waals surface area contributed by atoms with E-state index in [1.165, 1.54) is 88.2 Å². The Morgan fingerprint density at radius 2 is 1.26 bits per heavy atom. The van der Waals surface area contributed by atoms with Crippen LogP contribution in [0.1, 0.15) is 132 Å². The standard InChI is InChI=1S/C33H46O2/c1-3-5-6-7-8-9-10-12-26-13-15-27(16-14-26)28-17-19-29(20-18-28)30-21-23-31(24-22-30)33(35)25-32(34)11-4-2/h17-24,26-27H,3-16,25H2,1-2H3. The molecule has 35 heavy (non-hydrogen) atoms. The summed E-state index contributed by atoms with van der Waals surface area (Å²) in [5.74, 6) is 1.60. The van der Waals surface area contributed by atoms with Crippen molar-refractivity contribution in [1.29, 1.82) is 0 Å². The van der Waals surface area contributed by atoms with Gasteiger partial charge in [-0.25, -0.2) is 0 Å². The molecule has 2 aromatic carbocycles. The maximum absolute atomic E-state index is 12.3. The molecular formula is C33H46O2. The minimum atomic E-state index is -0.0760. The van der Waals surface area contributed by atoms with E-state index in [9.17, 15) is 9.59 Å². The normalized spacial score (nSPS) is 17.9. The Balaban J connectivity index is 1.42. The Labute approximate surface area is 213 Å². The van der Waals surface area contributed by atoms with Gasteiger partial charge in [0.2, 0.25) is 0 Å². The van der Waals surface area contributed by atoms with Crippen LogP contribution in [0.2, 0.25) is 0 Å². The highest BCUT2D eigenvalue weighted by atomic mass is 16.1. The lowest BCUT2D eigenvalue weighted by Crippen LogP contribution is -2.13. The molecule has 0 aromatic heterocycles. The van der Waals surface area contributed by atoms with Crippen molar-refractivity contribution in [2.45, 2.75) is 116 Å². The third-order valence-corrected chi connectivity index (χ3v) is 7.87. The van der Waals surface area contributed by atoms with Gasteiger partial charge in [0.05, 0.1) is 6.42 Å². The molecule has 0 heterocycles. The number of benzene rings is 2. The molecule has 190 valence electrons. The van der Waals surface area contributed by atoms with Gasteiger partial charge in [-0.05, 0) is 60.6 Å². The molecule has 0 atom stereocenters. The van der Waals surface area contributed by atoms with Gasteiger partial charge in [0.1, 0.15) is 5.78 Å². The third-order valence-electron chi connectivity index (χ3n) is 7.87. The summed E-state index contributed by atoms with van der Waals surface area (Å²) in [4.78, 5) is 24.1. The molecule has 2 heteroatoms. The van der Waals surface area contributed by atoms with E-state index in [1.54, 1.807) is 0 Å². The predicted octanol–water partition coefficient (Wildman–Crippen LogP) is 9.71. The van der Waals surface area contributed by atoms with Crippen molar-refractivity contribution in [2.75, 3.05) is 0 Å². The molecule has 0 amide bonds. The molecule has 0 bridgehead atoms. The van der Waals surface area contributed by atoms with Crippen LogP contribution in [0.25, 0.3) is 11.1 Å². The summed E-state index contributed by atoms with van der Waals surface area (Å²) in [5, 5.41) is 0. The quantitative estimate of drug-likeness (QED) is 0.146. The van der Waals surface area contributed by atoms with E-state index in [4.69, 9.17) is 0 Å². The van der Waals surface area contributed by atoms with Crippen LogP contribution in [0, 0.1) is 5.92 Å². The zero-order valence-corrected chi connectivity index (χ0v) is 22.2. The predicted molar refractivity (Wildman–Crippen MR) is 148 cm³/mol. The maximum Gasteiger partial charge on any atom is 0.170 e. The van der Waals surface area contributed by atoms with Gasteiger partial charge in [-0.15, -0.1) is 0 Å². The van der Waals surface area contributed by atoms with E-state index in [-0.39, 0.29) is 18.0 Å². The molecule has 0 N–H and O–H groups in total. The van der Waals surface area contributed by atoms with Crippen molar-refractivity contribution < 1.29 is 9.59 Å². The zero-order chi connectivity index (χ0) is 24.9. The molecule has 1 aliphatic rings. The van der Waals surface area contributed by atoms with Gasteiger partial charge >= 0.3 is 0 Å². The maximum atomic E-state index is 12.3. The Bertz CT molecular complexity index is 886. The Hall–Kier alpha value is -2.22. The number of carbonyl (C=O) groups is 2. The lowest BCUT2D eigenvalue weighted by atomic mass is 9.77. The molecule has 2 aromatic rings. The van der Waals surface area contributed by atoms with Gasteiger partial charge in [0.25, 0.3) is 0 Å². The van der Waals surface area contributed by atoms with Crippen molar-refractivity contribution in [3.63, 3.8) is 0 Å². The summed E-state index contributed by atoms with van der Waals surface area (Å²) >= 11 is 0. The fraction of sp³-hybridized carbons (Fsp3) is 0.576. The van der Waals surface area contributed by atoms with Crippen LogP contribution in [-0.4, -0.2) is 11.6 Å². The molecule has 0 aliphatic heterocycles. The Morgan fingerprint density at radius 3 is 1.86 bits per heavy atom. The third kappa shape index (κ3) is 9.06. The number of hydrogen-bond acceptors (Lipinski definition) is 2. The van der Waals surface area contributed by atoms with Crippen LogP contribution >= 0.6 is 0 Å². The minimum Gasteiger partial charge on any atom is -0.299 e. The topological polar surface area (TPSA) is 34.1 Å². The second-order valence-corrected chi connectivity index (χ2v) is 10.7. The van der Waals surface area contributed by atoms with Crippen LogP contribution in [0.4, 0.5) is 0 Å². The molecule has 2 nitrogen and oxygen atoms in total. The van der Waals surface area contributed by atoms with Gasteiger partial charge in [0, 0.05) is 12.0 Å².